The Balaban J connectivity index is 1.54. The van der Waals surface area contributed by atoms with E-state index < -0.39 is 0 Å². The Morgan fingerprint density at radius 2 is 1.82 bits per heavy atom. The van der Waals surface area contributed by atoms with Gasteiger partial charge in [0, 0.05) is 50.3 Å². The number of carbonyl (C=O) groups excluding carboxylic acids is 2. The summed E-state index contributed by atoms with van der Waals surface area (Å²) in [7, 11) is 3.46. The van der Waals surface area contributed by atoms with Crippen LogP contribution in [0.2, 0.25) is 0 Å². The van der Waals surface area contributed by atoms with Gasteiger partial charge >= 0.3 is 0 Å². The van der Waals surface area contributed by atoms with Crippen molar-refractivity contribution in [3.63, 3.8) is 0 Å². The molecule has 0 radical (unpaired) electrons. The summed E-state index contributed by atoms with van der Waals surface area (Å²) in [6.07, 6.45) is 4.47. The highest BCUT2D eigenvalue weighted by molar-refractivity contribution is 6.05. The second kappa shape index (κ2) is 9.84. The molecule has 1 saturated heterocycles. The zero-order valence-corrected chi connectivity index (χ0v) is 20.5. The van der Waals surface area contributed by atoms with Gasteiger partial charge in [-0.1, -0.05) is 32.0 Å². The number of aliphatic imine (C=N–C) groups is 1. The van der Waals surface area contributed by atoms with Gasteiger partial charge in [-0.25, -0.2) is 4.99 Å². The van der Waals surface area contributed by atoms with Crippen molar-refractivity contribution in [2.24, 2.45) is 22.6 Å². The molecule has 34 heavy (non-hydrogen) atoms. The van der Waals surface area contributed by atoms with Gasteiger partial charge in [-0.05, 0) is 66.1 Å². The van der Waals surface area contributed by atoms with Gasteiger partial charge in [0.2, 0.25) is 5.91 Å². The number of hydrogen-bond acceptors (Lipinski definition) is 4. The minimum Gasteiger partial charge on any atom is -0.387 e. The third-order valence-electron chi connectivity index (χ3n) is 6.52. The summed E-state index contributed by atoms with van der Waals surface area (Å²) < 4.78 is 0. The molecule has 0 saturated carbocycles. The van der Waals surface area contributed by atoms with Crippen molar-refractivity contribution < 1.29 is 9.59 Å². The van der Waals surface area contributed by atoms with Crippen LogP contribution in [-0.4, -0.2) is 54.6 Å². The molecular formula is C28H34N4O2. The lowest BCUT2D eigenvalue weighted by Gasteiger charge is -2.17. The van der Waals surface area contributed by atoms with Crippen LogP contribution in [0.5, 0.6) is 0 Å². The minimum atomic E-state index is -0.0724. The lowest BCUT2D eigenvalue weighted by atomic mass is 9.97. The topological polar surface area (TPSA) is 79.0 Å². The molecule has 6 heteroatoms. The second-order valence-corrected chi connectivity index (χ2v) is 10.0. The Kier molecular flexibility index (Phi) is 6.87. The fourth-order valence-corrected chi connectivity index (χ4v) is 4.87. The maximum atomic E-state index is 13.0. The van der Waals surface area contributed by atoms with Gasteiger partial charge < -0.3 is 15.5 Å². The molecule has 0 aliphatic carbocycles. The molecule has 2 aromatic carbocycles. The average Bonchev–Trinajstić information content (AvgIpc) is 3.19. The predicted octanol–water partition coefficient (Wildman–Crippen LogP) is 4.73. The van der Waals surface area contributed by atoms with Crippen molar-refractivity contribution in [2.45, 2.75) is 33.1 Å². The van der Waals surface area contributed by atoms with E-state index in [1.54, 1.807) is 19.0 Å². The number of rotatable bonds is 5. The van der Waals surface area contributed by atoms with Crippen LogP contribution in [-0.2, 0) is 4.79 Å². The number of hydrogen-bond donors (Lipinski definition) is 1. The van der Waals surface area contributed by atoms with E-state index in [9.17, 15) is 9.59 Å². The number of fused-ring (bicyclic) bond motifs is 1. The lowest BCUT2D eigenvalue weighted by Crippen LogP contribution is -2.28. The Morgan fingerprint density at radius 3 is 2.50 bits per heavy atom. The summed E-state index contributed by atoms with van der Waals surface area (Å²) in [4.78, 5) is 33.6. The Morgan fingerprint density at radius 1 is 1.12 bits per heavy atom. The second-order valence-electron chi connectivity index (χ2n) is 10.0. The van der Waals surface area contributed by atoms with E-state index in [1.807, 2.05) is 53.4 Å². The normalized spacial score (nSPS) is 17.7. The third kappa shape index (κ3) is 5.22. The van der Waals surface area contributed by atoms with Gasteiger partial charge in [-0.3, -0.25) is 9.59 Å². The number of amidine groups is 1. The van der Waals surface area contributed by atoms with Crippen LogP contribution in [0.3, 0.4) is 0 Å². The minimum absolute atomic E-state index is 0.0724. The summed E-state index contributed by atoms with van der Waals surface area (Å²) in [6.45, 7) is 6.17. The molecule has 0 spiro atoms. The van der Waals surface area contributed by atoms with Gasteiger partial charge in [0.15, 0.2) is 0 Å². The van der Waals surface area contributed by atoms with Crippen molar-refractivity contribution >= 4 is 29.4 Å². The van der Waals surface area contributed by atoms with Gasteiger partial charge in [0.25, 0.3) is 5.91 Å². The van der Waals surface area contributed by atoms with E-state index in [0.29, 0.717) is 29.7 Å². The number of nitrogens with two attached hydrogens (primary N) is 1. The highest BCUT2D eigenvalue weighted by Crippen LogP contribution is 2.32. The van der Waals surface area contributed by atoms with Crippen molar-refractivity contribution in [1.82, 2.24) is 9.80 Å². The Bertz CT molecular complexity index is 1150. The number of benzene rings is 2. The largest absolute Gasteiger partial charge is 0.387 e. The van der Waals surface area contributed by atoms with Crippen molar-refractivity contribution in [2.75, 3.05) is 27.2 Å². The number of likely N-dealkylation sites (N-methyl/N-ethyl adjacent to an activating group) is 1. The summed E-state index contributed by atoms with van der Waals surface area (Å²) in [5, 5.41) is 0. The smallest absolute Gasteiger partial charge is 0.253 e. The molecule has 6 nitrogen and oxygen atoms in total. The number of nitrogens with zero attached hydrogens (tertiary/aromatic N) is 3. The van der Waals surface area contributed by atoms with Crippen LogP contribution in [0, 0.1) is 11.8 Å². The van der Waals surface area contributed by atoms with Gasteiger partial charge in [0.05, 0.1) is 5.69 Å². The highest BCUT2D eigenvalue weighted by atomic mass is 16.2. The third-order valence-corrected chi connectivity index (χ3v) is 6.52. The molecule has 4 rings (SSSR count). The van der Waals surface area contributed by atoms with Crippen LogP contribution in [0.15, 0.2) is 53.0 Å². The van der Waals surface area contributed by atoms with E-state index in [4.69, 9.17) is 5.73 Å². The molecule has 2 aliphatic rings. The molecule has 178 valence electrons. The van der Waals surface area contributed by atoms with Crippen molar-refractivity contribution in [1.29, 1.82) is 0 Å². The molecule has 1 unspecified atom stereocenters. The fraction of sp³-hybridized carbons (Fsp3) is 0.393. The molecule has 2 heterocycles. The quantitative estimate of drug-likeness (QED) is 0.704. The maximum Gasteiger partial charge on any atom is 0.253 e. The highest BCUT2D eigenvalue weighted by Gasteiger charge is 2.27. The molecule has 0 bridgehead atoms. The maximum absolute atomic E-state index is 13.0. The Hall–Kier alpha value is -3.41. The molecule has 1 fully saturated rings. The van der Waals surface area contributed by atoms with E-state index in [-0.39, 0.29) is 11.8 Å². The van der Waals surface area contributed by atoms with Crippen LogP contribution in [0.25, 0.3) is 17.2 Å². The van der Waals surface area contributed by atoms with Gasteiger partial charge in [0.1, 0.15) is 5.84 Å². The van der Waals surface area contributed by atoms with Gasteiger partial charge in [-0.2, -0.15) is 0 Å². The van der Waals surface area contributed by atoms with Crippen LogP contribution >= 0.6 is 0 Å². The van der Waals surface area contributed by atoms with Crippen LogP contribution < -0.4 is 5.73 Å². The van der Waals surface area contributed by atoms with Gasteiger partial charge in [-0.15, -0.1) is 0 Å². The van der Waals surface area contributed by atoms with E-state index in [2.05, 4.69) is 18.8 Å². The van der Waals surface area contributed by atoms with Crippen molar-refractivity contribution in [3.05, 3.63) is 59.2 Å². The molecule has 1 atom stereocenters. The van der Waals surface area contributed by atoms with E-state index in [1.165, 1.54) is 6.42 Å². The summed E-state index contributed by atoms with van der Waals surface area (Å²) in [5.41, 5.74) is 11.0. The first-order valence-corrected chi connectivity index (χ1v) is 12.0. The summed E-state index contributed by atoms with van der Waals surface area (Å²) >= 11 is 0. The molecule has 2 amide bonds. The van der Waals surface area contributed by atoms with Crippen LogP contribution in [0.1, 0.15) is 49.0 Å². The first-order valence-electron chi connectivity index (χ1n) is 12.0. The standard InChI is InChI=1S/C28H34N4O2/c1-18(2)13-19-11-12-32(17-19)28(34)21-7-5-20(6-8-21)22-9-10-25-23(14-22)15-24(16-26(29)30-25)27(33)31(3)4/h5-10,14-15,18-19H,11-13,16-17H2,1-4H3,(H2,29,30). The number of likely N-dealkylation sites (tertiary alicyclic amines) is 1. The average molecular weight is 459 g/mol. The first kappa shape index (κ1) is 23.7. The SMILES string of the molecule is CC(C)CC1CCN(C(=O)c2ccc(-c3ccc4c(c3)C=C(C(=O)N(C)C)CC(N)=N4)cc2)C1. The molecule has 2 aliphatic heterocycles. The zero-order chi connectivity index (χ0) is 24.4. The molecule has 0 aromatic heterocycles. The van der Waals surface area contributed by atoms with Crippen molar-refractivity contribution in [3.8, 4) is 11.1 Å². The van der Waals surface area contributed by atoms with Crippen LogP contribution in [0.4, 0.5) is 5.69 Å². The summed E-state index contributed by atoms with van der Waals surface area (Å²) in [6, 6.07) is 13.7. The number of carbonyl (C=O) groups is 2. The molecule has 2 N–H and O–H groups in total. The monoisotopic (exact) mass is 458 g/mol. The zero-order valence-electron chi connectivity index (χ0n) is 20.5. The van der Waals surface area contributed by atoms with E-state index in [0.717, 1.165) is 47.5 Å². The molecular weight excluding hydrogens is 424 g/mol. The van der Waals surface area contributed by atoms with E-state index >= 15 is 0 Å². The Labute approximate surface area is 202 Å². The number of amides is 2. The first-order chi connectivity index (χ1) is 16.2. The fourth-order valence-electron chi connectivity index (χ4n) is 4.87. The predicted molar refractivity (Wildman–Crippen MR) is 138 cm³/mol. The summed E-state index contributed by atoms with van der Waals surface area (Å²) in [5.74, 6) is 1.73. The molecule has 2 aromatic rings. The lowest BCUT2D eigenvalue weighted by molar-refractivity contribution is -0.124.